The normalized spacial score (nSPS) is 13.0. The maximum absolute atomic E-state index is 9.38. The van der Waals surface area contributed by atoms with Crippen molar-refractivity contribution in [1.29, 1.82) is 10.5 Å². The fraction of sp³-hybridized carbons (Fsp3) is 0.875. The molecule has 0 N–H and O–H groups in total. The molecular formula is C16H32N3P. The molecule has 0 aromatic heterocycles. The second-order valence-corrected chi connectivity index (χ2v) is 12.4. The van der Waals surface area contributed by atoms with Gasteiger partial charge in [-0.3, -0.25) is 0 Å². The van der Waals surface area contributed by atoms with Crippen LogP contribution in [-0.2, 0) is 0 Å². The van der Waals surface area contributed by atoms with Crippen molar-refractivity contribution in [3.8, 4) is 12.4 Å². The average molecular weight is 297 g/mol. The molecule has 0 aromatic rings. The van der Waals surface area contributed by atoms with Crippen LogP contribution in [0, 0.1) is 22.9 Å². The monoisotopic (exact) mass is 297 g/mol. The number of rotatable bonds is 11. The van der Waals surface area contributed by atoms with Gasteiger partial charge in [0, 0.05) is 0 Å². The Morgan fingerprint density at radius 2 is 1.20 bits per heavy atom. The third-order valence-corrected chi connectivity index (χ3v) is 12.9. The predicted octanol–water partition coefficient (Wildman–Crippen LogP) is 5.14. The van der Waals surface area contributed by atoms with Gasteiger partial charge in [0.2, 0.25) is 0 Å². The topological polar surface area (TPSA) is 50.8 Å². The minimum atomic E-state index is -2.34. The van der Waals surface area contributed by atoms with Crippen molar-refractivity contribution in [3.63, 3.8) is 0 Å². The summed E-state index contributed by atoms with van der Waals surface area (Å²) in [5, 5.41) is 18.8. The van der Waals surface area contributed by atoms with Crippen molar-refractivity contribution in [3.05, 3.63) is 0 Å². The fourth-order valence-electron chi connectivity index (χ4n) is 3.24. The van der Waals surface area contributed by atoms with E-state index in [2.05, 4.69) is 40.1 Å². The molecule has 0 radical (unpaired) electrons. The SMILES string of the molecule is CCCCCCCCP(CC)(CC)(CC)N(C#N)C#N. The molecule has 0 rings (SSSR count). The van der Waals surface area contributed by atoms with Gasteiger partial charge in [0.05, 0.1) is 0 Å². The van der Waals surface area contributed by atoms with E-state index in [4.69, 9.17) is 0 Å². The number of nitriles is 2. The number of hydrogen-bond acceptors (Lipinski definition) is 3. The van der Waals surface area contributed by atoms with E-state index in [1.54, 1.807) is 0 Å². The van der Waals surface area contributed by atoms with Gasteiger partial charge < -0.3 is 0 Å². The van der Waals surface area contributed by atoms with E-state index in [1.165, 1.54) is 36.8 Å². The summed E-state index contributed by atoms with van der Waals surface area (Å²) < 4.78 is 1.51. The maximum atomic E-state index is 9.38. The van der Waals surface area contributed by atoms with Crippen LogP contribution < -0.4 is 0 Å². The summed E-state index contributed by atoms with van der Waals surface area (Å²) in [7, 11) is 0. The van der Waals surface area contributed by atoms with E-state index in [0.29, 0.717) is 0 Å². The molecule has 0 saturated carbocycles. The molecule has 0 aliphatic heterocycles. The summed E-state index contributed by atoms with van der Waals surface area (Å²) in [4.78, 5) is 0. The standard InChI is InChI=1S/C16H32N3P/c1-5-9-10-11-12-13-14-20(6-2,7-3,8-4)19(15-17)16-18/h5-14H2,1-4H3. The first-order valence-corrected chi connectivity index (χ1v) is 11.1. The second kappa shape index (κ2) is 9.20. The summed E-state index contributed by atoms with van der Waals surface area (Å²) in [6, 6.07) is 0. The molecule has 0 aliphatic carbocycles. The quantitative estimate of drug-likeness (QED) is 0.230. The number of hydrogen-bond donors (Lipinski definition) is 0. The Labute approximate surface area is 125 Å². The van der Waals surface area contributed by atoms with Crippen LogP contribution in [0.15, 0.2) is 0 Å². The van der Waals surface area contributed by atoms with Gasteiger partial charge in [0.15, 0.2) is 0 Å². The van der Waals surface area contributed by atoms with Gasteiger partial charge in [-0.1, -0.05) is 0 Å². The van der Waals surface area contributed by atoms with E-state index in [1.807, 2.05) is 0 Å². The predicted molar refractivity (Wildman–Crippen MR) is 89.9 cm³/mol. The summed E-state index contributed by atoms with van der Waals surface area (Å²) >= 11 is 0. The number of unbranched alkanes of at least 4 members (excludes halogenated alkanes) is 5. The molecule has 0 aromatic carbocycles. The van der Waals surface area contributed by atoms with E-state index in [0.717, 1.165) is 31.1 Å². The Kier molecular flexibility index (Phi) is 8.84. The van der Waals surface area contributed by atoms with Crippen LogP contribution in [-0.4, -0.2) is 29.3 Å². The molecule has 0 amide bonds. The van der Waals surface area contributed by atoms with Crippen molar-refractivity contribution in [2.24, 2.45) is 0 Å². The molecule has 0 fully saturated rings. The first-order valence-electron chi connectivity index (χ1n) is 8.19. The van der Waals surface area contributed by atoms with Crippen LogP contribution in [0.5, 0.6) is 0 Å². The van der Waals surface area contributed by atoms with Crippen LogP contribution in [0.3, 0.4) is 0 Å². The Bertz CT molecular complexity index is 325. The van der Waals surface area contributed by atoms with E-state index < -0.39 is 6.75 Å². The van der Waals surface area contributed by atoms with Gasteiger partial charge in [0.25, 0.3) is 0 Å². The molecule has 0 atom stereocenters. The van der Waals surface area contributed by atoms with Crippen LogP contribution in [0.1, 0.15) is 66.2 Å². The van der Waals surface area contributed by atoms with E-state index >= 15 is 0 Å². The van der Waals surface area contributed by atoms with Crippen LogP contribution in [0.4, 0.5) is 0 Å². The summed E-state index contributed by atoms with van der Waals surface area (Å²) in [5.74, 6) is 0. The third kappa shape index (κ3) is 4.10. The van der Waals surface area contributed by atoms with Gasteiger partial charge in [-0.2, -0.15) is 0 Å². The summed E-state index contributed by atoms with van der Waals surface area (Å²) in [5.41, 5.74) is 0. The first-order chi connectivity index (χ1) is 9.58. The van der Waals surface area contributed by atoms with Crippen LogP contribution in [0.25, 0.3) is 0 Å². The van der Waals surface area contributed by atoms with Gasteiger partial charge in [-0.15, -0.1) is 0 Å². The molecule has 20 heavy (non-hydrogen) atoms. The van der Waals surface area contributed by atoms with Crippen molar-refractivity contribution >= 4 is 6.75 Å². The fourth-order valence-corrected chi connectivity index (χ4v) is 8.12. The van der Waals surface area contributed by atoms with Gasteiger partial charge >= 0.3 is 125 Å². The Balaban J connectivity index is 4.81. The summed E-state index contributed by atoms with van der Waals surface area (Å²) in [6.07, 6.45) is 16.0. The molecule has 0 bridgehead atoms. The molecular weight excluding hydrogens is 265 g/mol. The van der Waals surface area contributed by atoms with Crippen LogP contribution in [0.2, 0.25) is 0 Å². The molecule has 3 nitrogen and oxygen atoms in total. The van der Waals surface area contributed by atoms with Crippen molar-refractivity contribution in [2.75, 3.05) is 24.6 Å². The van der Waals surface area contributed by atoms with Gasteiger partial charge in [-0.25, -0.2) is 0 Å². The van der Waals surface area contributed by atoms with Crippen molar-refractivity contribution in [1.82, 2.24) is 4.67 Å². The Morgan fingerprint density at radius 1 is 0.750 bits per heavy atom. The molecule has 0 spiro atoms. The summed E-state index contributed by atoms with van der Waals surface area (Å²) in [6.45, 7) is 6.40. The van der Waals surface area contributed by atoms with Gasteiger partial charge in [0.1, 0.15) is 0 Å². The zero-order chi connectivity index (χ0) is 15.5. The van der Waals surface area contributed by atoms with Gasteiger partial charge in [-0.05, 0) is 0 Å². The van der Waals surface area contributed by atoms with E-state index in [9.17, 15) is 10.5 Å². The van der Waals surface area contributed by atoms with Crippen LogP contribution >= 0.6 is 6.75 Å². The molecule has 0 saturated heterocycles. The number of nitrogens with zero attached hydrogens (tertiary/aromatic N) is 3. The zero-order valence-corrected chi connectivity index (χ0v) is 14.8. The van der Waals surface area contributed by atoms with E-state index in [-0.39, 0.29) is 0 Å². The zero-order valence-electron chi connectivity index (χ0n) is 13.9. The molecule has 0 aliphatic rings. The Morgan fingerprint density at radius 3 is 1.60 bits per heavy atom. The first kappa shape index (κ1) is 19.2. The Hall–Kier alpha value is -0.790. The molecule has 116 valence electrons. The average Bonchev–Trinajstić information content (AvgIpc) is 2.50. The minimum absolute atomic E-state index is 0.981. The van der Waals surface area contributed by atoms with Crippen molar-refractivity contribution in [2.45, 2.75) is 66.2 Å². The molecule has 4 heteroatoms. The molecule has 0 heterocycles. The third-order valence-electron chi connectivity index (χ3n) is 5.28. The molecule has 0 unspecified atom stereocenters. The second-order valence-electron chi connectivity index (χ2n) is 5.86. The van der Waals surface area contributed by atoms with Crippen molar-refractivity contribution < 1.29 is 0 Å².